The lowest BCUT2D eigenvalue weighted by atomic mass is 10.0. The van der Waals surface area contributed by atoms with Crippen molar-refractivity contribution in [2.24, 2.45) is 0 Å². The first-order valence-corrected chi connectivity index (χ1v) is 13.3. The van der Waals surface area contributed by atoms with Crippen LogP contribution in [0.3, 0.4) is 0 Å². The van der Waals surface area contributed by atoms with E-state index in [-0.39, 0.29) is 11.9 Å². The van der Waals surface area contributed by atoms with E-state index in [0.717, 1.165) is 29.7 Å². The Balaban J connectivity index is 1.29. The predicted molar refractivity (Wildman–Crippen MR) is 145 cm³/mol. The summed E-state index contributed by atoms with van der Waals surface area (Å²) in [6.07, 6.45) is 3.51. The summed E-state index contributed by atoms with van der Waals surface area (Å²) in [5.41, 5.74) is 2.00. The fraction of sp³-hybridized carbons (Fsp3) is 0.323. The Labute approximate surface area is 223 Å². The van der Waals surface area contributed by atoms with E-state index in [1.165, 1.54) is 0 Å². The fourth-order valence-electron chi connectivity index (χ4n) is 4.82. The van der Waals surface area contributed by atoms with Gasteiger partial charge in [0.1, 0.15) is 17.5 Å². The molecule has 0 bridgehead atoms. The van der Waals surface area contributed by atoms with E-state index in [4.69, 9.17) is 4.74 Å². The van der Waals surface area contributed by atoms with Crippen LogP contribution < -0.4 is 15.4 Å². The Hall–Kier alpha value is -3.97. The van der Waals surface area contributed by atoms with E-state index in [1.807, 2.05) is 84.9 Å². The first-order valence-electron chi connectivity index (χ1n) is 13.3. The minimum atomic E-state index is -0.705. The molecule has 1 heterocycles. The van der Waals surface area contributed by atoms with Crippen LogP contribution in [0.15, 0.2) is 84.9 Å². The molecule has 3 aromatic rings. The number of likely N-dealkylation sites (tertiary alicyclic amines) is 1. The van der Waals surface area contributed by atoms with Gasteiger partial charge in [0.2, 0.25) is 11.7 Å². The largest absolute Gasteiger partial charge is 0.457 e. The number of Topliss-reactive ketones (excluding diaryl/α,β-unsaturated/α-hetero) is 1. The highest BCUT2D eigenvalue weighted by molar-refractivity contribution is 6.38. The lowest BCUT2D eigenvalue weighted by Crippen LogP contribution is -2.53. The normalized spacial score (nSPS) is 17.6. The van der Waals surface area contributed by atoms with E-state index in [0.29, 0.717) is 38.1 Å². The molecule has 0 spiro atoms. The first kappa shape index (κ1) is 25.7. The number of nitrogens with one attached hydrogen (secondary N) is 2. The SMILES string of the molecule is O=C(NC1CC1)C(=O)[C@@H]1CCCN1C(=O)[C@H](Cc1ccccc1)NCc1cccc(Oc2ccccc2)c1. The van der Waals surface area contributed by atoms with E-state index >= 15 is 0 Å². The van der Waals surface area contributed by atoms with Gasteiger partial charge in [-0.3, -0.25) is 14.4 Å². The molecule has 2 N–H and O–H groups in total. The monoisotopic (exact) mass is 511 g/mol. The number of hydrogen-bond donors (Lipinski definition) is 2. The molecular formula is C31H33N3O4. The van der Waals surface area contributed by atoms with E-state index in [1.54, 1.807) is 4.90 Å². The molecule has 5 rings (SSSR count). The molecule has 0 unspecified atom stereocenters. The van der Waals surface area contributed by atoms with Gasteiger partial charge in [-0.05, 0) is 67.5 Å². The van der Waals surface area contributed by atoms with Crippen LogP contribution in [-0.4, -0.2) is 47.2 Å². The van der Waals surface area contributed by atoms with Crippen LogP contribution in [0.2, 0.25) is 0 Å². The van der Waals surface area contributed by atoms with E-state index < -0.39 is 23.8 Å². The van der Waals surface area contributed by atoms with Crippen molar-refractivity contribution >= 4 is 17.6 Å². The van der Waals surface area contributed by atoms with E-state index in [9.17, 15) is 14.4 Å². The number of ketones is 1. The Kier molecular flexibility index (Phi) is 8.14. The second-order valence-electron chi connectivity index (χ2n) is 9.99. The van der Waals surface area contributed by atoms with Gasteiger partial charge in [0.25, 0.3) is 5.91 Å². The number of ether oxygens (including phenoxy) is 1. The molecule has 1 saturated heterocycles. The van der Waals surface area contributed by atoms with Crippen molar-refractivity contribution < 1.29 is 19.1 Å². The minimum absolute atomic E-state index is 0.103. The Morgan fingerprint density at radius 2 is 1.53 bits per heavy atom. The van der Waals surface area contributed by atoms with Crippen molar-refractivity contribution in [1.82, 2.24) is 15.5 Å². The molecule has 0 radical (unpaired) electrons. The third kappa shape index (κ3) is 6.66. The average Bonchev–Trinajstić information content (AvgIpc) is 3.62. The molecule has 0 aromatic heterocycles. The van der Waals surface area contributed by atoms with Crippen molar-refractivity contribution in [3.05, 3.63) is 96.1 Å². The van der Waals surface area contributed by atoms with Gasteiger partial charge in [0, 0.05) is 19.1 Å². The van der Waals surface area contributed by atoms with Gasteiger partial charge in [-0.1, -0.05) is 60.7 Å². The number of hydrogen-bond acceptors (Lipinski definition) is 5. The summed E-state index contributed by atoms with van der Waals surface area (Å²) in [7, 11) is 0. The lowest BCUT2D eigenvalue weighted by molar-refractivity contribution is -0.145. The summed E-state index contributed by atoms with van der Waals surface area (Å²) in [5.74, 6) is 0.242. The second kappa shape index (κ2) is 12.0. The number of amides is 2. The highest BCUT2D eigenvalue weighted by Crippen LogP contribution is 2.24. The number of benzene rings is 3. The molecule has 2 atom stereocenters. The number of rotatable bonds is 11. The van der Waals surface area contributed by atoms with Gasteiger partial charge in [0.15, 0.2) is 0 Å². The van der Waals surface area contributed by atoms with Gasteiger partial charge < -0.3 is 20.3 Å². The maximum absolute atomic E-state index is 13.8. The number of nitrogens with zero attached hydrogens (tertiary/aromatic N) is 1. The lowest BCUT2D eigenvalue weighted by Gasteiger charge is -2.28. The molecule has 1 aliphatic heterocycles. The van der Waals surface area contributed by atoms with Crippen LogP contribution in [0.1, 0.15) is 36.8 Å². The summed E-state index contributed by atoms with van der Waals surface area (Å²) in [5, 5.41) is 6.20. The van der Waals surface area contributed by atoms with Crippen LogP contribution in [0.4, 0.5) is 0 Å². The molecule has 7 nitrogen and oxygen atoms in total. The predicted octanol–water partition coefficient (Wildman–Crippen LogP) is 4.02. The van der Waals surface area contributed by atoms with Crippen molar-refractivity contribution in [3.8, 4) is 11.5 Å². The average molecular weight is 512 g/mol. The number of para-hydroxylation sites is 1. The van der Waals surface area contributed by atoms with Crippen molar-refractivity contribution in [2.75, 3.05) is 6.54 Å². The van der Waals surface area contributed by atoms with Crippen LogP contribution in [0, 0.1) is 0 Å². The zero-order valence-corrected chi connectivity index (χ0v) is 21.3. The molecule has 1 aliphatic carbocycles. The summed E-state index contributed by atoms with van der Waals surface area (Å²) in [4.78, 5) is 40.8. The molecule has 1 saturated carbocycles. The van der Waals surface area contributed by atoms with Gasteiger partial charge in [0.05, 0.1) is 6.04 Å². The molecule has 38 heavy (non-hydrogen) atoms. The Morgan fingerprint density at radius 1 is 0.842 bits per heavy atom. The Morgan fingerprint density at radius 3 is 2.26 bits per heavy atom. The van der Waals surface area contributed by atoms with Crippen molar-refractivity contribution in [3.63, 3.8) is 0 Å². The maximum atomic E-state index is 13.8. The maximum Gasteiger partial charge on any atom is 0.289 e. The van der Waals surface area contributed by atoms with Crippen LogP contribution in [0.5, 0.6) is 11.5 Å². The number of carbonyl (C=O) groups excluding carboxylic acids is 3. The molecule has 196 valence electrons. The van der Waals surface area contributed by atoms with Crippen LogP contribution in [0.25, 0.3) is 0 Å². The molecule has 2 amide bonds. The summed E-state index contributed by atoms with van der Waals surface area (Å²) < 4.78 is 5.97. The summed E-state index contributed by atoms with van der Waals surface area (Å²) in [6, 6.07) is 26.0. The summed E-state index contributed by atoms with van der Waals surface area (Å²) >= 11 is 0. The quantitative estimate of drug-likeness (QED) is 0.380. The summed E-state index contributed by atoms with van der Waals surface area (Å²) in [6.45, 7) is 0.920. The first-order chi connectivity index (χ1) is 18.6. The number of carbonyl (C=O) groups is 3. The third-order valence-corrected chi connectivity index (χ3v) is 6.99. The van der Waals surface area contributed by atoms with Gasteiger partial charge in [-0.2, -0.15) is 0 Å². The molecule has 3 aromatic carbocycles. The smallest absolute Gasteiger partial charge is 0.289 e. The standard InChI is InChI=1S/C31H33N3O4/c35-29(30(36)33-24-16-17-24)28-15-8-18-34(28)31(37)27(20-22-9-3-1-4-10-22)32-21-23-11-7-14-26(19-23)38-25-12-5-2-6-13-25/h1-7,9-14,19,24,27-28,32H,8,15-18,20-21H2,(H,33,36)/t27-,28-/m0/s1. The van der Waals surface area contributed by atoms with Crippen molar-refractivity contribution in [2.45, 2.75) is 56.8 Å². The zero-order valence-electron chi connectivity index (χ0n) is 21.3. The minimum Gasteiger partial charge on any atom is -0.457 e. The van der Waals surface area contributed by atoms with Crippen LogP contribution >= 0.6 is 0 Å². The zero-order chi connectivity index (χ0) is 26.3. The highest BCUT2D eigenvalue weighted by atomic mass is 16.5. The topological polar surface area (TPSA) is 87.7 Å². The van der Waals surface area contributed by atoms with Gasteiger partial charge >= 0.3 is 0 Å². The second-order valence-corrected chi connectivity index (χ2v) is 9.99. The highest BCUT2D eigenvalue weighted by Gasteiger charge is 2.40. The van der Waals surface area contributed by atoms with Crippen molar-refractivity contribution in [1.29, 1.82) is 0 Å². The Bertz CT molecular complexity index is 1260. The molecular weight excluding hydrogens is 478 g/mol. The van der Waals surface area contributed by atoms with Gasteiger partial charge in [-0.25, -0.2) is 0 Å². The van der Waals surface area contributed by atoms with E-state index in [2.05, 4.69) is 10.6 Å². The van der Waals surface area contributed by atoms with Crippen LogP contribution in [-0.2, 0) is 27.3 Å². The molecule has 2 fully saturated rings. The fourth-order valence-corrected chi connectivity index (χ4v) is 4.82. The van der Waals surface area contributed by atoms with Gasteiger partial charge in [-0.15, -0.1) is 0 Å². The third-order valence-electron chi connectivity index (χ3n) is 6.99. The molecule has 7 heteroatoms. The molecule has 2 aliphatic rings.